The molecule has 0 aliphatic heterocycles. The number of benzene rings is 1. The molecule has 0 amide bonds. The summed E-state index contributed by atoms with van der Waals surface area (Å²) in [4.78, 5) is 0. The molecule has 0 saturated carbocycles. The summed E-state index contributed by atoms with van der Waals surface area (Å²) in [5.74, 6) is 5.02. The van der Waals surface area contributed by atoms with Crippen molar-refractivity contribution in [1.82, 2.24) is 0 Å². The zero-order valence-electron chi connectivity index (χ0n) is 23.1. The Morgan fingerprint density at radius 1 is 0.382 bits per heavy atom. The van der Waals surface area contributed by atoms with Gasteiger partial charge in [-0.15, -0.1) is 0 Å². The summed E-state index contributed by atoms with van der Waals surface area (Å²) in [6.07, 6.45) is 28.7. The van der Waals surface area contributed by atoms with Gasteiger partial charge >= 0.3 is 0 Å². The van der Waals surface area contributed by atoms with Gasteiger partial charge in [-0.05, 0) is 35.5 Å². The molecule has 1 aromatic carbocycles. The highest BCUT2D eigenvalue weighted by molar-refractivity contribution is 7.98. The molecule has 0 N–H and O–H groups in total. The molecule has 2 heteroatoms. The summed E-state index contributed by atoms with van der Waals surface area (Å²) in [5.41, 5.74) is 3.00. The number of hydrogen-bond donors (Lipinski definition) is 0. The summed E-state index contributed by atoms with van der Waals surface area (Å²) in [6.45, 7) is 4.60. The fourth-order valence-corrected chi connectivity index (χ4v) is 6.46. The topological polar surface area (TPSA) is 0 Å². The van der Waals surface area contributed by atoms with E-state index in [4.69, 9.17) is 0 Å². The smallest absolute Gasteiger partial charge is 0.0184 e. The van der Waals surface area contributed by atoms with Gasteiger partial charge in [-0.3, -0.25) is 0 Å². The summed E-state index contributed by atoms with van der Waals surface area (Å²) in [7, 11) is 0. The highest BCUT2D eigenvalue weighted by Crippen LogP contribution is 2.19. The maximum absolute atomic E-state index is 2.36. The van der Waals surface area contributed by atoms with Gasteiger partial charge in [0.05, 0.1) is 0 Å². The Kier molecular flexibility index (Phi) is 24.4. The molecule has 0 aliphatic carbocycles. The van der Waals surface area contributed by atoms with Gasteiger partial charge in [0.1, 0.15) is 0 Å². The van der Waals surface area contributed by atoms with Crippen molar-refractivity contribution in [3.8, 4) is 0 Å². The quantitative estimate of drug-likeness (QED) is 0.115. The van der Waals surface area contributed by atoms with Crippen molar-refractivity contribution in [3.05, 3.63) is 35.4 Å². The standard InChI is InChI=1S/C32H58S2/c1-3-5-7-9-11-13-15-17-19-21-27-33-29-31-23-25-32(26-24-31)30-34-28-22-20-18-16-14-12-10-8-6-4-2/h23-26H,3-22,27-30H2,1-2H3. The van der Waals surface area contributed by atoms with Crippen molar-refractivity contribution < 1.29 is 0 Å². The second kappa shape index (κ2) is 26.0. The second-order valence-corrected chi connectivity index (χ2v) is 12.5. The van der Waals surface area contributed by atoms with Crippen molar-refractivity contribution in [3.63, 3.8) is 0 Å². The number of rotatable bonds is 26. The van der Waals surface area contributed by atoms with Gasteiger partial charge in [0.15, 0.2) is 0 Å². The maximum Gasteiger partial charge on any atom is 0.0184 e. The summed E-state index contributed by atoms with van der Waals surface area (Å²) < 4.78 is 0. The van der Waals surface area contributed by atoms with Crippen molar-refractivity contribution in [2.24, 2.45) is 0 Å². The lowest BCUT2D eigenvalue weighted by Gasteiger charge is -2.06. The first-order chi connectivity index (χ1) is 16.9. The van der Waals surface area contributed by atoms with Crippen molar-refractivity contribution in [2.45, 2.75) is 154 Å². The predicted octanol–water partition coefficient (Wildman–Crippen LogP) is 12.0. The van der Waals surface area contributed by atoms with Crippen LogP contribution in [0, 0.1) is 0 Å². The van der Waals surface area contributed by atoms with E-state index in [1.807, 2.05) is 0 Å². The first kappa shape index (κ1) is 31.9. The molecule has 0 saturated heterocycles. The minimum atomic E-state index is 1.18. The Bertz CT molecular complexity index is 463. The highest BCUT2D eigenvalue weighted by Gasteiger charge is 1.99. The van der Waals surface area contributed by atoms with Crippen LogP contribution >= 0.6 is 23.5 Å². The summed E-state index contributed by atoms with van der Waals surface area (Å²) in [5, 5.41) is 0. The average Bonchev–Trinajstić information content (AvgIpc) is 2.86. The Morgan fingerprint density at radius 2 is 0.647 bits per heavy atom. The lowest BCUT2D eigenvalue weighted by molar-refractivity contribution is 0.563. The first-order valence-corrected chi connectivity index (χ1v) is 17.4. The van der Waals surface area contributed by atoms with Crippen LogP contribution in [-0.4, -0.2) is 11.5 Å². The molecule has 0 aromatic heterocycles. The van der Waals surface area contributed by atoms with Gasteiger partial charge in [-0.2, -0.15) is 23.5 Å². The number of unbranched alkanes of at least 4 members (excludes halogenated alkanes) is 18. The third-order valence-corrected chi connectivity index (χ3v) is 9.07. The largest absolute Gasteiger partial charge is 0.157 e. The van der Waals surface area contributed by atoms with Crippen LogP contribution in [0.4, 0.5) is 0 Å². The zero-order valence-corrected chi connectivity index (χ0v) is 24.7. The van der Waals surface area contributed by atoms with E-state index < -0.39 is 0 Å². The monoisotopic (exact) mass is 506 g/mol. The number of thioether (sulfide) groups is 2. The van der Waals surface area contributed by atoms with E-state index in [1.54, 1.807) is 0 Å². The third-order valence-electron chi connectivity index (χ3n) is 6.84. The van der Waals surface area contributed by atoms with Crippen LogP contribution in [0.3, 0.4) is 0 Å². The maximum atomic E-state index is 2.36. The van der Waals surface area contributed by atoms with Crippen LogP contribution in [0.5, 0.6) is 0 Å². The van der Waals surface area contributed by atoms with Crippen LogP contribution in [0.1, 0.15) is 153 Å². The Balaban J connectivity index is 1.87. The molecule has 1 rings (SSSR count). The minimum absolute atomic E-state index is 1.18. The normalized spacial score (nSPS) is 11.4. The Morgan fingerprint density at radius 3 is 0.941 bits per heavy atom. The van der Waals surface area contributed by atoms with Gasteiger partial charge in [0.25, 0.3) is 0 Å². The molecule has 0 aliphatic rings. The van der Waals surface area contributed by atoms with Crippen LogP contribution < -0.4 is 0 Å². The van der Waals surface area contributed by atoms with Crippen molar-refractivity contribution in [1.29, 1.82) is 0 Å². The minimum Gasteiger partial charge on any atom is -0.157 e. The van der Waals surface area contributed by atoms with E-state index in [1.165, 1.54) is 163 Å². The first-order valence-electron chi connectivity index (χ1n) is 15.1. The van der Waals surface area contributed by atoms with E-state index in [2.05, 4.69) is 61.6 Å². The van der Waals surface area contributed by atoms with E-state index in [9.17, 15) is 0 Å². The molecular formula is C32H58S2. The molecule has 0 bridgehead atoms. The van der Waals surface area contributed by atoms with Crippen LogP contribution in [0.25, 0.3) is 0 Å². The molecule has 0 atom stereocenters. The van der Waals surface area contributed by atoms with Gasteiger partial charge < -0.3 is 0 Å². The molecule has 34 heavy (non-hydrogen) atoms. The van der Waals surface area contributed by atoms with E-state index >= 15 is 0 Å². The van der Waals surface area contributed by atoms with Gasteiger partial charge in [-0.25, -0.2) is 0 Å². The molecule has 198 valence electrons. The van der Waals surface area contributed by atoms with E-state index in [-0.39, 0.29) is 0 Å². The molecular weight excluding hydrogens is 448 g/mol. The van der Waals surface area contributed by atoms with Crippen LogP contribution in [0.15, 0.2) is 24.3 Å². The van der Waals surface area contributed by atoms with Gasteiger partial charge in [0, 0.05) is 11.5 Å². The zero-order chi connectivity index (χ0) is 24.4. The number of hydrogen-bond acceptors (Lipinski definition) is 2. The highest BCUT2D eigenvalue weighted by atomic mass is 32.2. The summed E-state index contributed by atoms with van der Waals surface area (Å²) in [6, 6.07) is 9.45. The van der Waals surface area contributed by atoms with E-state index in [0.29, 0.717) is 0 Å². The van der Waals surface area contributed by atoms with Gasteiger partial charge in [-0.1, -0.05) is 154 Å². The average molecular weight is 507 g/mol. The molecule has 0 unspecified atom stereocenters. The molecule has 0 fully saturated rings. The third kappa shape index (κ3) is 21.2. The van der Waals surface area contributed by atoms with Crippen LogP contribution in [-0.2, 0) is 11.5 Å². The van der Waals surface area contributed by atoms with E-state index in [0.717, 1.165) is 0 Å². The lowest BCUT2D eigenvalue weighted by Crippen LogP contribution is -1.88. The Hall–Kier alpha value is -0.0800. The fraction of sp³-hybridized carbons (Fsp3) is 0.812. The van der Waals surface area contributed by atoms with Crippen LogP contribution in [0.2, 0.25) is 0 Å². The molecule has 0 heterocycles. The van der Waals surface area contributed by atoms with Crippen molar-refractivity contribution in [2.75, 3.05) is 11.5 Å². The fourth-order valence-electron chi connectivity index (χ4n) is 4.49. The predicted molar refractivity (Wildman–Crippen MR) is 162 cm³/mol. The molecule has 0 spiro atoms. The van der Waals surface area contributed by atoms with Gasteiger partial charge in [0.2, 0.25) is 0 Å². The second-order valence-electron chi connectivity index (χ2n) is 10.3. The molecule has 0 radical (unpaired) electrons. The molecule has 1 aromatic rings. The summed E-state index contributed by atoms with van der Waals surface area (Å²) >= 11 is 4.24. The van der Waals surface area contributed by atoms with Crippen molar-refractivity contribution >= 4 is 23.5 Å². The Labute approximate surface area is 223 Å². The lowest BCUT2D eigenvalue weighted by atomic mass is 10.1. The SMILES string of the molecule is CCCCCCCCCCCCSCc1ccc(CSCCCCCCCCCCCC)cc1. The molecule has 0 nitrogen and oxygen atoms in total.